The van der Waals surface area contributed by atoms with Crippen LogP contribution < -0.4 is 5.73 Å². The van der Waals surface area contributed by atoms with Gasteiger partial charge in [0, 0.05) is 23.5 Å². The molecular formula is C13H14BrClN2OS. The second kappa shape index (κ2) is 6.20. The van der Waals surface area contributed by atoms with Crippen molar-refractivity contribution in [3.8, 4) is 0 Å². The van der Waals surface area contributed by atoms with Gasteiger partial charge in [-0.3, -0.25) is 4.79 Å². The number of nitrogens with zero attached hydrogens (tertiary/aromatic N) is 1. The summed E-state index contributed by atoms with van der Waals surface area (Å²) in [5, 5.41) is 0.459. The fourth-order valence-electron chi connectivity index (χ4n) is 1.88. The first-order valence-corrected chi connectivity index (χ1v) is 7.61. The molecule has 0 aromatic heterocycles. The smallest absolute Gasteiger partial charge is 0.255 e. The van der Waals surface area contributed by atoms with Crippen LogP contribution in [-0.4, -0.2) is 28.4 Å². The highest BCUT2D eigenvalue weighted by molar-refractivity contribution is 9.10. The maximum absolute atomic E-state index is 12.5. The first kappa shape index (κ1) is 14.8. The Morgan fingerprint density at radius 2 is 2.21 bits per heavy atom. The van der Waals surface area contributed by atoms with E-state index in [0.717, 1.165) is 17.3 Å². The predicted octanol–water partition coefficient (Wildman–Crippen LogP) is 3.38. The second-order valence-electron chi connectivity index (χ2n) is 4.57. The normalized spacial score (nSPS) is 14.2. The third-order valence-electron chi connectivity index (χ3n) is 3.01. The molecule has 1 saturated carbocycles. The molecule has 0 radical (unpaired) electrons. The molecule has 0 heterocycles. The molecule has 3 nitrogen and oxygen atoms in total. The molecule has 0 aliphatic heterocycles. The lowest BCUT2D eigenvalue weighted by Gasteiger charge is -2.22. The first-order valence-electron chi connectivity index (χ1n) is 6.03. The Morgan fingerprint density at radius 3 is 2.74 bits per heavy atom. The Hall–Kier alpha value is -0.650. The largest absolute Gasteiger partial charge is 0.393 e. The number of nitrogens with two attached hydrogens (primary N) is 1. The van der Waals surface area contributed by atoms with Crippen molar-refractivity contribution in [2.45, 2.75) is 25.3 Å². The van der Waals surface area contributed by atoms with E-state index >= 15 is 0 Å². The summed E-state index contributed by atoms with van der Waals surface area (Å²) in [6.45, 7) is 0.561. The number of thiocarbonyl (C=S) groups is 1. The minimum atomic E-state index is -0.0451. The summed E-state index contributed by atoms with van der Waals surface area (Å²) in [6.07, 6.45) is 2.63. The Morgan fingerprint density at radius 1 is 1.53 bits per heavy atom. The van der Waals surface area contributed by atoms with Gasteiger partial charge in [0.15, 0.2) is 0 Å². The quantitative estimate of drug-likeness (QED) is 0.818. The van der Waals surface area contributed by atoms with Crippen molar-refractivity contribution in [2.24, 2.45) is 5.73 Å². The van der Waals surface area contributed by atoms with Gasteiger partial charge in [0.2, 0.25) is 0 Å². The van der Waals surface area contributed by atoms with Gasteiger partial charge in [0.25, 0.3) is 5.91 Å². The van der Waals surface area contributed by atoms with Gasteiger partial charge < -0.3 is 10.6 Å². The van der Waals surface area contributed by atoms with Gasteiger partial charge in [0.1, 0.15) is 0 Å². The molecule has 1 amide bonds. The maximum atomic E-state index is 12.5. The molecule has 0 unspecified atom stereocenters. The molecule has 1 aliphatic rings. The maximum Gasteiger partial charge on any atom is 0.255 e. The van der Waals surface area contributed by atoms with Gasteiger partial charge in [-0.15, -0.1) is 0 Å². The zero-order chi connectivity index (χ0) is 14.0. The van der Waals surface area contributed by atoms with Gasteiger partial charge in [-0.2, -0.15) is 0 Å². The van der Waals surface area contributed by atoms with Crippen LogP contribution in [0.25, 0.3) is 0 Å². The molecule has 6 heteroatoms. The van der Waals surface area contributed by atoms with Gasteiger partial charge in [-0.25, -0.2) is 0 Å². The zero-order valence-electron chi connectivity index (χ0n) is 10.2. The molecule has 19 heavy (non-hydrogen) atoms. The molecular weight excluding hydrogens is 348 g/mol. The van der Waals surface area contributed by atoms with Crippen LogP contribution in [0.5, 0.6) is 0 Å². The minimum Gasteiger partial charge on any atom is -0.393 e. The summed E-state index contributed by atoms with van der Waals surface area (Å²) in [5.41, 5.74) is 6.04. The Labute approximate surface area is 131 Å². The average molecular weight is 362 g/mol. The van der Waals surface area contributed by atoms with Crippen LogP contribution in [0.15, 0.2) is 22.7 Å². The summed E-state index contributed by atoms with van der Waals surface area (Å²) >= 11 is 14.3. The van der Waals surface area contributed by atoms with Gasteiger partial charge in [-0.05, 0) is 31.0 Å². The van der Waals surface area contributed by atoms with E-state index in [4.69, 9.17) is 29.6 Å². The number of benzene rings is 1. The molecule has 1 aromatic carbocycles. The van der Waals surface area contributed by atoms with Gasteiger partial charge in [0.05, 0.1) is 15.6 Å². The van der Waals surface area contributed by atoms with Crippen LogP contribution in [0.3, 0.4) is 0 Å². The van der Waals surface area contributed by atoms with E-state index in [-0.39, 0.29) is 5.91 Å². The van der Waals surface area contributed by atoms with Crippen LogP contribution in [0.1, 0.15) is 29.6 Å². The van der Waals surface area contributed by atoms with E-state index in [2.05, 4.69) is 15.9 Å². The predicted molar refractivity (Wildman–Crippen MR) is 84.6 cm³/mol. The molecule has 2 N–H and O–H groups in total. The van der Waals surface area contributed by atoms with Crippen LogP contribution in [-0.2, 0) is 0 Å². The summed E-state index contributed by atoms with van der Waals surface area (Å²) in [6, 6.07) is 5.59. The van der Waals surface area contributed by atoms with E-state index in [0.29, 0.717) is 34.6 Å². The van der Waals surface area contributed by atoms with Gasteiger partial charge in [-0.1, -0.05) is 39.7 Å². The molecule has 102 valence electrons. The summed E-state index contributed by atoms with van der Waals surface area (Å²) in [7, 11) is 0. The van der Waals surface area contributed by atoms with Gasteiger partial charge >= 0.3 is 0 Å². The van der Waals surface area contributed by atoms with Crippen LogP contribution in [0.2, 0.25) is 5.02 Å². The monoisotopic (exact) mass is 360 g/mol. The summed E-state index contributed by atoms with van der Waals surface area (Å²) in [4.78, 5) is 14.8. The van der Waals surface area contributed by atoms with Crippen LogP contribution >= 0.6 is 39.7 Å². The fourth-order valence-corrected chi connectivity index (χ4v) is 2.73. The SMILES string of the molecule is NC(=S)CCN(C(=O)c1ccc(Br)cc1Cl)C1CC1. The Bertz CT molecular complexity index is 519. The van der Waals surface area contributed by atoms with E-state index in [1.165, 1.54) is 0 Å². The molecule has 0 bridgehead atoms. The molecule has 0 saturated heterocycles. The minimum absolute atomic E-state index is 0.0451. The van der Waals surface area contributed by atoms with E-state index in [1.807, 2.05) is 11.0 Å². The number of hydrogen-bond donors (Lipinski definition) is 1. The van der Waals surface area contributed by atoms with Crippen molar-refractivity contribution < 1.29 is 4.79 Å². The molecule has 1 aromatic rings. The highest BCUT2D eigenvalue weighted by atomic mass is 79.9. The van der Waals surface area contributed by atoms with Crippen molar-refractivity contribution in [3.05, 3.63) is 33.3 Å². The third kappa shape index (κ3) is 3.91. The summed E-state index contributed by atoms with van der Waals surface area (Å²) in [5.74, 6) is -0.0451. The fraction of sp³-hybridized carbons (Fsp3) is 0.385. The lowest BCUT2D eigenvalue weighted by atomic mass is 10.2. The molecule has 1 aliphatic carbocycles. The zero-order valence-corrected chi connectivity index (χ0v) is 13.4. The number of hydrogen-bond acceptors (Lipinski definition) is 2. The third-order valence-corrected chi connectivity index (χ3v) is 4.02. The van der Waals surface area contributed by atoms with Crippen molar-refractivity contribution >= 4 is 50.6 Å². The number of carbonyl (C=O) groups is 1. The lowest BCUT2D eigenvalue weighted by molar-refractivity contribution is 0.0748. The molecule has 0 atom stereocenters. The number of amides is 1. The molecule has 2 rings (SSSR count). The van der Waals surface area contributed by atoms with Crippen molar-refractivity contribution in [1.82, 2.24) is 4.90 Å². The van der Waals surface area contributed by atoms with Crippen LogP contribution in [0.4, 0.5) is 0 Å². The second-order valence-corrected chi connectivity index (χ2v) is 6.42. The number of halogens is 2. The highest BCUT2D eigenvalue weighted by Gasteiger charge is 2.33. The first-order chi connectivity index (χ1) is 8.99. The number of carbonyl (C=O) groups excluding carboxylic acids is 1. The standard InChI is InChI=1S/C13H14BrClN2OS/c14-8-1-4-10(11(15)7-8)13(18)17(9-2-3-9)6-5-12(16)19/h1,4,7,9H,2-3,5-6H2,(H2,16,19). The molecule has 0 spiro atoms. The van der Waals surface area contributed by atoms with Crippen molar-refractivity contribution in [1.29, 1.82) is 0 Å². The number of rotatable bonds is 5. The van der Waals surface area contributed by atoms with Crippen LogP contribution in [0, 0.1) is 0 Å². The van der Waals surface area contributed by atoms with Crippen molar-refractivity contribution in [3.63, 3.8) is 0 Å². The Balaban J connectivity index is 2.16. The Kier molecular flexibility index (Phi) is 4.81. The summed E-state index contributed by atoms with van der Waals surface area (Å²) < 4.78 is 0.857. The van der Waals surface area contributed by atoms with E-state index in [9.17, 15) is 4.79 Å². The average Bonchev–Trinajstić information content (AvgIpc) is 3.13. The molecule has 1 fully saturated rings. The van der Waals surface area contributed by atoms with E-state index in [1.54, 1.807) is 12.1 Å². The highest BCUT2D eigenvalue weighted by Crippen LogP contribution is 2.30. The lowest BCUT2D eigenvalue weighted by Crippen LogP contribution is -2.35. The topological polar surface area (TPSA) is 46.3 Å². The van der Waals surface area contributed by atoms with E-state index < -0.39 is 0 Å². The van der Waals surface area contributed by atoms with Crippen molar-refractivity contribution in [2.75, 3.05) is 6.54 Å².